The molecule has 0 aliphatic carbocycles. The van der Waals surface area contributed by atoms with Crippen molar-refractivity contribution >= 4 is 41.9 Å². The number of halogens is 2. The van der Waals surface area contributed by atoms with Crippen molar-refractivity contribution in [3.05, 3.63) is 32.7 Å². The van der Waals surface area contributed by atoms with E-state index < -0.39 is 15.3 Å². The second kappa shape index (κ2) is 4.30. The van der Waals surface area contributed by atoms with Crippen LogP contribution in [0.4, 0.5) is 0 Å². The molecule has 3 nitrogen and oxygen atoms in total. The Morgan fingerprint density at radius 3 is 2.36 bits per heavy atom. The molecule has 1 rings (SSSR count). The minimum absolute atomic E-state index is 0.663. The molecule has 6 heteroatoms. The lowest BCUT2D eigenvalue weighted by Gasteiger charge is -2.11. The maximum Gasteiger partial charge on any atom is 0.215 e. The fraction of sp³-hybridized carbons (Fsp3) is 0.250. The zero-order valence-electron chi connectivity index (χ0n) is 7.37. The largest absolute Gasteiger partial charge is 0.228 e. The summed E-state index contributed by atoms with van der Waals surface area (Å²) in [4.78, 5) is 0. The van der Waals surface area contributed by atoms with Gasteiger partial charge in [-0.3, -0.25) is 0 Å². The van der Waals surface area contributed by atoms with Crippen LogP contribution in [0.3, 0.4) is 0 Å². The topological polar surface area (TPSA) is 60.2 Å². The van der Waals surface area contributed by atoms with Gasteiger partial charge in [0.05, 0.1) is 5.25 Å². The van der Waals surface area contributed by atoms with Gasteiger partial charge in [0.15, 0.2) is 0 Å². The van der Waals surface area contributed by atoms with Crippen molar-refractivity contribution in [1.82, 2.24) is 0 Å². The van der Waals surface area contributed by atoms with E-state index in [4.69, 9.17) is 5.14 Å². The summed E-state index contributed by atoms with van der Waals surface area (Å²) in [5, 5.41) is 4.35. The van der Waals surface area contributed by atoms with E-state index in [1.807, 2.05) is 0 Å². The third kappa shape index (κ3) is 2.79. The summed E-state index contributed by atoms with van der Waals surface area (Å²) in [6.07, 6.45) is 0. The van der Waals surface area contributed by atoms with E-state index in [2.05, 4.69) is 31.9 Å². The summed E-state index contributed by atoms with van der Waals surface area (Å²) in [6, 6.07) is 5.29. The molecular weight excluding hydrogens is 334 g/mol. The highest BCUT2D eigenvalue weighted by Crippen LogP contribution is 2.29. The van der Waals surface area contributed by atoms with Crippen molar-refractivity contribution < 1.29 is 8.42 Å². The average Bonchev–Trinajstić information content (AvgIpc) is 2.01. The van der Waals surface area contributed by atoms with Gasteiger partial charge in [-0.15, -0.1) is 0 Å². The molecule has 0 amide bonds. The van der Waals surface area contributed by atoms with Gasteiger partial charge < -0.3 is 0 Å². The molecule has 0 aliphatic rings. The van der Waals surface area contributed by atoms with Crippen LogP contribution in [-0.2, 0) is 10.0 Å². The van der Waals surface area contributed by atoms with E-state index in [1.54, 1.807) is 25.1 Å². The Morgan fingerprint density at radius 2 is 1.93 bits per heavy atom. The van der Waals surface area contributed by atoms with E-state index >= 15 is 0 Å². The fourth-order valence-corrected chi connectivity index (χ4v) is 3.11. The maximum absolute atomic E-state index is 11.1. The molecule has 0 saturated heterocycles. The number of hydrogen-bond acceptors (Lipinski definition) is 2. The highest BCUT2D eigenvalue weighted by atomic mass is 79.9. The number of primary sulfonamides is 1. The number of benzene rings is 1. The van der Waals surface area contributed by atoms with Crippen LogP contribution in [0.15, 0.2) is 27.1 Å². The molecule has 0 aromatic heterocycles. The predicted molar refractivity (Wildman–Crippen MR) is 63.4 cm³/mol. The molecule has 0 heterocycles. The molecular formula is C8H9Br2NO2S. The lowest BCUT2D eigenvalue weighted by Crippen LogP contribution is -2.19. The third-order valence-corrected chi connectivity index (χ3v) is 4.31. The standard InChI is InChI=1S/C8H9Br2NO2S/c1-5(14(11,12)13)7-3-2-6(9)4-8(7)10/h2-5H,1H3,(H2,11,12,13). The van der Waals surface area contributed by atoms with E-state index in [-0.39, 0.29) is 0 Å². The van der Waals surface area contributed by atoms with Crippen LogP contribution in [0.2, 0.25) is 0 Å². The normalized spacial score (nSPS) is 14.0. The number of nitrogens with two attached hydrogens (primary N) is 1. The van der Waals surface area contributed by atoms with Crippen molar-refractivity contribution in [2.75, 3.05) is 0 Å². The number of sulfonamides is 1. The Hall–Kier alpha value is 0.0900. The first kappa shape index (κ1) is 12.2. The van der Waals surface area contributed by atoms with Crippen molar-refractivity contribution in [2.45, 2.75) is 12.2 Å². The Morgan fingerprint density at radius 1 is 1.36 bits per heavy atom. The Bertz CT molecular complexity index is 445. The highest BCUT2D eigenvalue weighted by Gasteiger charge is 2.20. The van der Waals surface area contributed by atoms with Gasteiger partial charge in [0, 0.05) is 8.95 Å². The molecule has 0 spiro atoms. The van der Waals surface area contributed by atoms with Crippen molar-refractivity contribution in [1.29, 1.82) is 0 Å². The van der Waals surface area contributed by atoms with Gasteiger partial charge in [-0.1, -0.05) is 37.9 Å². The lowest BCUT2D eigenvalue weighted by molar-refractivity contribution is 0.588. The van der Waals surface area contributed by atoms with Crippen molar-refractivity contribution in [3.63, 3.8) is 0 Å². The molecule has 1 aromatic carbocycles. The van der Waals surface area contributed by atoms with Crippen LogP contribution >= 0.6 is 31.9 Å². The summed E-state index contributed by atoms with van der Waals surface area (Å²) in [5.74, 6) is 0. The van der Waals surface area contributed by atoms with E-state index in [0.29, 0.717) is 5.56 Å². The molecule has 14 heavy (non-hydrogen) atoms. The molecule has 2 N–H and O–H groups in total. The van der Waals surface area contributed by atoms with Gasteiger partial charge in [0.25, 0.3) is 0 Å². The molecule has 0 bridgehead atoms. The second-order valence-corrected chi connectivity index (χ2v) is 6.55. The molecule has 78 valence electrons. The van der Waals surface area contributed by atoms with Crippen LogP contribution in [0.1, 0.15) is 17.7 Å². The van der Waals surface area contributed by atoms with Crippen molar-refractivity contribution in [2.24, 2.45) is 5.14 Å². The SMILES string of the molecule is CC(c1ccc(Br)cc1Br)S(N)(=O)=O. The predicted octanol–water partition coefficient (Wildman–Crippen LogP) is 2.56. The average molecular weight is 343 g/mol. The summed E-state index contributed by atoms with van der Waals surface area (Å²) in [6.45, 7) is 1.56. The monoisotopic (exact) mass is 341 g/mol. The Labute approximate surface area is 100.0 Å². The molecule has 1 unspecified atom stereocenters. The van der Waals surface area contributed by atoms with Gasteiger partial charge in [-0.2, -0.15) is 0 Å². The summed E-state index contributed by atoms with van der Waals surface area (Å²) in [7, 11) is -3.54. The van der Waals surface area contributed by atoms with Crippen LogP contribution in [0.25, 0.3) is 0 Å². The molecule has 1 atom stereocenters. The van der Waals surface area contributed by atoms with Gasteiger partial charge in [0.2, 0.25) is 10.0 Å². The summed E-state index contributed by atoms with van der Waals surface area (Å²) in [5.41, 5.74) is 0.663. The Kier molecular flexibility index (Phi) is 3.74. The highest BCUT2D eigenvalue weighted by molar-refractivity contribution is 9.11. The van der Waals surface area contributed by atoms with Gasteiger partial charge >= 0.3 is 0 Å². The smallest absolute Gasteiger partial charge is 0.215 e. The first-order valence-corrected chi connectivity index (χ1v) is 6.98. The Balaban J connectivity index is 3.21. The van der Waals surface area contributed by atoms with E-state index in [9.17, 15) is 8.42 Å². The molecule has 0 radical (unpaired) electrons. The van der Waals surface area contributed by atoms with Crippen LogP contribution < -0.4 is 5.14 Å². The third-order valence-electron chi connectivity index (χ3n) is 1.89. The second-order valence-electron chi connectivity index (χ2n) is 2.90. The summed E-state index contributed by atoms with van der Waals surface area (Å²) < 4.78 is 23.8. The minimum Gasteiger partial charge on any atom is -0.228 e. The summed E-state index contributed by atoms with van der Waals surface area (Å²) >= 11 is 6.58. The van der Waals surface area contributed by atoms with E-state index in [1.165, 1.54) is 0 Å². The van der Waals surface area contributed by atoms with E-state index in [0.717, 1.165) is 8.95 Å². The molecule has 0 aliphatic heterocycles. The van der Waals surface area contributed by atoms with Crippen LogP contribution in [0.5, 0.6) is 0 Å². The molecule has 0 fully saturated rings. The lowest BCUT2D eigenvalue weighted by atomic mass is 10.2. The maximum atomic E-state index is 11.1. The molecule has 0 saturated carbocycles. The minimum atomic E-state index is -3.54. The fourth-order valence-electron chi connectivity index (χ4n) is 1.01. The van der Waals surface area contributed by atoms with Crippen LogP contribution in [0, 0.1) is 0 Å². The first-order chi connectivity index (χ1) is 6.32. The van der Waals surface area contributed by atoms with Crippen molar-refractivity contribution in [3.8, 4) is 0 Å². The zero-order valence-corrected chi connectivity index (χ0v) is 11.4. The number of rotatable bonds is 2. The van der Waals surface area contributed by atoms with Gasteiger partial charge in [0.1, 0.15) is 0 Å². The zero-order chi connectivity index (χ0) is 10.9. The van der Waals surface area contributed by atoms with Gasteiger partial charge in [-0.05, 0) is 24.6 Å². The first-order valence-electron chi connectivity index (χ1n) is 3.79. The quantitative estimate of drug-likeness (QED) is 0.897. The number of hydrogen-bond donors (Lipinski definition) is 1. The van der Waals surface area contributed by atoms with Gasteiger partial charge in [-0.25, -0.2) is 13.6 Å². The molecule has 1 aromatic rings. The van der Waals surface area contributed by atoms with Crippen LogP contribution in [-0.4, -0.2) is 8.42 Å².